The Bertz CT molecular complexity index is 536. The maximum atomic E-state index is 12.3. The molecule has 116 valence electrons. The van der Waals surface area contributed by atoms with E-state index in [9.17, 15) is 14.9 Å². The number of carbonyl (C=O) groups is 1. The molecule has 1 aromatic carbocycles. The summed E-state index contributed by atoms with van der Waals surface area (Å²) in [4.78, 5) is 22.9. The number of hydrogen-bond donors (Lipinski definition) is 2. The van der Waals surface area contributed by atoms with Crippen molar-refractivity contribution in [1.29, 1.82) is 0 Å². The standard InChI is InChI=1S/C14H19N3O3.ClH/c1-9-6-7-15-8-12(9)16-14(18)11-5-3-4-10(2)13(11)17(19)20;/h3-5,9,12,15H,6-8H2,1-2H3,(H,16,18);1H. The minimum absolute atomic E-state index is 0. The number of carbonyl (C=O) groups excluding carboxylic acids is 1. The van der Waals surface area contributed by atoms with Crippen LogP contribution in [-0.4, -0.2) is 30.0 Å². The number of para-hydroxylation sites is 1. The first-order valence-electron chi connectivity index (χ1n) is 6.76. The van der Waals surface area contributed by atoms with Crippen LogP contribution >= 0.6 is 12.4 Å². The Morgan fingerprint density at radius 3 is 2.81 bits per heavy atom. The number of amides is 1. The zero-order chi connectivity index (χ0) is 14.7. The number of aryl methyl sites for hydroxylation is 1. The molecule has 1 fully saturated rings. The highest BCUT2D eigenvalue weighted by molar-refractivity contribution is 5.98. The highest BCUT2D eigenvalue weighted by Crippen LogP contribution is 2.23. The van der Waals surface area contributed by atoms with Crippen LogP contribution in [0.25, 0.3) is 0 Å². The zero-order valence-electron chi connectivity index (χ0n) is 12.1. The first-order valence-corrected chi connectivity index (χ1v) is 6.76. The third-order valence-electron chi connectivity index (χ3n) is 3.81. The number of piperidine rings is 1. The van der Waals surface area contributed by atoms with Crippen LogP contribution in [0, 0.1) is 23.0 Å². The zero-order valence-corrected chi connectivity index (χ0v) is 12.9. The Morgan fingerprint density at radius 2 is 2.19 bits per heavy atom. The normalized spacial score (nSPS) is 21.2. The number of nitrogens with one attached hydrogen (secondary N) is 2. The SMILES string of the molecule is Cc1cccc(C(=O)NC2CNCCC2C)c1[N+](=O)[O-].Cl. The van der Waals surface area contributed by atoms with E-state index in [1.54, 1.807) is 19.1 Å². The summed E-state index contributed by atoms with van der Waals surface area (Å²) >= 11 is 0. The smallest absolute Gasteiger partial charge is 0.285 e. The molecule has 0 saturated carbocycles. The van der Waals surface area contributed by atoms with Gasteiger partial charge in [0.25, 0.3) is 11.6 Å². The number of hydrogen-bond acceptors (Lipinski definition) is 4. The molecule has 2 unspecified atom stereocenters. The molecule has 1 aromatic rings. The second-order valence-corrected chi connectivity index (χ2v) is 5.28. The summed E-state index contributed by atoms with van der Waals surface area (Å²) in [5.74, 6) is -0.00925. The molecular weight excluding hydrogens is 294 g/mol. The topological polar surface area (TPSA) is 84.3 Å². The van der Waals surface area contributed by atoms with Gasteiger partial charge in [0, 0.05) is 18.2 Å². The van der Waals surface area contributed by atoms with Crippen LogP contribution in [-0.2, 0) is 0 Å². The van der Waals surface area contributed by atoms with Gasteiger partial charge >= 0.3 is 0 Å². The van der Waals surface area contributed by atoms with E-state index >= 15 is 0 Å². The molecule has 1 heterocycles. The molecular formula is C14H20ClN3O3. The fourth-order valence-electron chi connectivity index (χ4n) is 2.51. The van der Waals surface area contributed by atoms with Crippen LogP contribution in [0.15, 0.2) is 18.2 Å². The number of benzene rings is 1. The molecule has 7 heteroatoms. The molecule has 2 atom stereocenters. The highest BCUT2D eigenvalue weighted by atomic mass is 35.5. The summed E-state index contributed by atoms with van der Waals surface area (Å²) in [6.45, 7) is 5.36. The number of nitro benzene ring substituents is 1. The number of nitrogens with zero attached hydrogens (tertiary/aromatic N) is 1. The van der Waals surface area contributed by atoms with E-state index in [2.05, 4.69) is 17.6 Å². The molecule has 21 heavy (non-hydrogen) atoms. The highest BCUT2D eigenvalue weighted by Gasteiger charge is 2.27. The molecule has 1 amide bonds. The van der Waals surface area contributed by atoms with E-state index in [1.165, 1.54) is 6.07 Å². The van der Waals surface area contributed by atoms with Crippen LogP contribution in [0.2, 0.25) is 0 Å². The average Bonchev–Trinajstić information content (AvgIpc) is 2.40. The minimum atomic E-state index is -0.493. The molecule has 0 radical (unpaired) electrons. The molecule has 6 nitrogen and oxygen atoms in total. The molecule has 1 aliphatic heterocycles. The third-order valence-corrected chi connectivity index (χ3v) is 3.81. The summed E-state index contributed by atoms with van der Waals surface area (Å²) in [7, 11) is 0. The van der Waals surface area contributed by atoms with Crippen LogP contribution in [0.4, 0.5) is 5.69 Å². The average molecular weight is 314 g/mol. The lowest BCUT2D eigenvalue weighted by molar-refractivity contribution is -0.385. The van der Waals surface area contributed by atoms with Crippen LogP contribution in [0.1, 0.15) is 29.3 Å². The number of halogens is 1. The maximum absolute atomic E-state index is 12.3. The second kappa shape index (κ2) is 7.38. The fourth-order valence-corrected chi connectivity index (χ4v) is 2.51. The van der Waals surface area contributed by atoms with Gasteiger partial charge in [-0.25, -0.2) is 0 Å². The molecule has 0 spiro atoms. The first kappa shape index (κ1) is 17.4. The molecule has 1 aliphatic rings. The van der Waals surface area contributed by atoms with E-state index in [-0.39, 0.29) is 35.6 Å². The van der Waals surface area contributed by atoms with Crippen LogP contribution in [0.5, 0.6) is 0 Å². The first-order chi connectivity index (χ1) is 9.50. The number of nitro groups is 1. The summed E-state index contributed by atoms with van der Waals surface area (Å²) in [5.41, 5.74) is 0.520. The Kier molecular flexibility index (Phi) is 6.11. The van der Waals surface area contributed by atoms with E-state index in [4.69, 9.17) is 0 Å². The van der Waals surface area contributed by atoms with Gasteiger partial charge in [-0.05, 0) is 31.9 Å². The lowest BCUT2D eigenvalue weighted by Crippen LogP contribution is -2.50. The summed E-state index contributed by atoms with van der Waals surface area (Å²) < 4.78 is 0. The van der Waals surface area contributed by atoms with Gasteiger partial charge in [-0.1, -0.05) is 19.1 Å². The van der Waals surface area contributed by atoms with Gasteiger partial charge < -0.3 is 10.6 Å². The largest absolute Gasteiger partial charge is 0.348 e. The Balaban J connectivity index is 0.00000220. The Hall–Kier alpha value is -1.66. The van der Waals surface area contributed by atoms with Gasteiger partial charge in [0.05, 0.1) is 4.92 Å². The van der Waals surface area contributed by atoms with Gasteiger partial charge in [0.1, 0.15) is 5.56 Å². The third kappa shape index (κ3) is 3.92. The second-order valence-electron chi connectivity index (χ2n) is 5.28. The minimum Gasteiger partial charge on any atom is -0.348 e. The molecule has 2 N–H and O–H groups in total. The van der Waals surface area contributed by atoms with Crippen molar-refractivity contribution in [3.05, 3.63) is 39.4 Å². The lowest BCUT2D eigenvalue weighted by atomic mass is 9.94. The van der Waals surface area contributed by atoms with E-state index in [0.29, 0.717) is 18.0 Å². The van der Waals surface area contributed by atoms with E-state index < -0.39 is 4.92 Å². The predicted octanol–water partition coefficient (Wildman–Crippen LogP) is 2.05. The quantitative estimate of drug-likeness (QED) is 0.661. The van der Waals surface area contributed by atoms with E-state index in [0.717, 1.165) is 13.0 Å². The molecule has 0 aliphatic carbocycles. The summed E-state index contributed by atoms with van der Waals surface area (Å²) in [6, 6.07) is 4.82. The van der Waals surface area contributed by atoms with Crippen molar-refractivity contribution < 1.29 is 9.72 Å². The molecule has 2 rings (SSSR count). The number of rotatable bonds is 3. The summed E-state index contributed by atoms with van der Waals surface area (Å²) in [6.07, 6.45) is 0.987. The fraction of sp³-hybridized carbons (Fsp3) is 0.500. The maximum Gasteiger partial charge on any atom is 0.285 e. The summed E-state index contributed by atoms with van der Waals surface area (Å²) in [5, 5.41) is 17.2. The van der Waals surface area contributed by atoms with Crippen LogP contribution < -0.4 is 10.6 Å². The molecule has 0 aromatic heterocycles. The van der Waals surface area contributed by atoms with Gasteiger partial charge in [-0.3, -0.25) is 14.9 Å². The lowest BCUT2D eigenvalue weighted by Gasteiger charge is -2.30. The van der Waals surface area contributed by atoms with Crippen molar-refractivity contribution in [2.24, 2.45) is 5.92 Å². The molecule has 1 saturated heterocycles. The van der Waals surface area contributed by atoms with Gasteiger partial charge in [0.2, 0.25) is 0 Å². The van der Waals surface area contributed by atoms with Crippen molar-refractivity contribution in [3.8, 4) is 0 Å². The van der Waals surface area contributed by atoms with Crippen LogP contribution in [0.3, 0.4) is 0 Å². The molecule has 0 bridgehead atoms. The predicted molar refractivity (Wildman–Crippen MR) is 83.0 cm³/mol. The van der Waals surface area contributed by atoms with Gasteiger partial charge in [-0.15, -0.1) is 12.4 Å². The Morgan fingerprint density at radius 1 is 1.48 bits per heavy atom. The van der Waals surface area contributed by atoms with Gasteiger partial charge in [0.15, 0.2) is 0 Å². The van der Waals surface area contributed by atoms with Gasteiger partial charge in [-0.2, -0.15) is 0 Å². The van der Waals surface area contributed by atoms with Crippen molar-refractivity contribution in [2.45, 2.75) is 26.3 Å². The van der Waals surface area contributed by atoms with Crippen molar-refractivity contribution in [3.63, 3.8) is 0 Å². The van der Waals surface area contributed by atoms with Crippen molar-refractivity contribution in [1.82, 2.24) is 10.6 Å². The van der Waals surface area contributed by atoms with Crippen molar-refractivity contribution in [2.75, 3.05) is 13.1 Å². The Labute approximate surface area is 129 Å². The van der Waals surface area contributed by atoms with Crippen molar-refractivity contribution >= 4 is 24.0 Å². The monoisotopic (exact) mass is 313 g/mol. The van der Waals surface area contributed by atoms with E-state index in [1.807, 2.05) is 0 Å².